The van der Waals surface area contributed by atoms with Gasteiger partial charge in [-0.25, -0.2) is 14.8 Å². The van der Waals surface area contributed by atoms with E-state index in [0.717, 1.165) is 37.2 Å². The van der Waals surface area contributed by atoms with Crippen LogP contribution < -0.4 is 16.0 Å². The van der Waals surface area contributed by atoms with Gasteiger partial charge in [-0.3, -0.25) is 9.36 Å². The summed E-state index contributed by atoms with van der Waals surface area (Å²) in [6, 6.07) is 16.1. The lowest BCUT2D eigenvalue weighted by atomic mass is 9.77. The Hall–Kier alpha value is -3.82. The van der Waals surface area contributed by atoms with Crippen LogP contribution in [0.4, 0.5) is 0 Å². The fourth-order valence-corrected chi connectivity index (χ4v) is 7.22. The second-order valence-corrected chi connectivity index (χ2v) is 11.2. The lowest BCUT2D eigenvalue weighted by molar-refractivity contribution is 0.303. The summed E-state index contributed by atoms with van der Waals surface area (Å²) in [7, 11) is 1.74. The van der Waals surface area contributed by atoms with Crippen molar-refractivity contribution in [3.63, 3.8) is 0 Å². The highest BCUT2D eigenvalue weighted by Crippen LogP contribution is 2.44. The average Bonchev–Trinajstić information content (AvgIpc) is 3.54. The average molecular weight is 526 g/mol. The molecule has 0 saturated carbocycles. The van der Waals surface area contributed by atoms with E-state index < -0.39 is 5.69 Å². The SMILES string of the molecule is COc1cccc2c1CC[C@H]1CN(CCn3c(=O)[nH]c4c(sc5ncc(-c6ccccc6)nc54)c3=O)C[C@@H]21. The lowest BCUT2D eigenvalue weighted by Gasteiger charge is -2.28. The number of likely N-dealkylation sites (tertiary alicyclic amines) is 1. The fourth-order valence-electron chi connectivity index (χ4n) is 6.23. The van der Waals surface area contributed by atoms with Crippen LogP contribution in [0, 0.1) is 5.92 Å². The van der Waals surface area contributed by atoms with Gasteiger partial charge < -0.3 is 14.6 Å². The summed E-state index contributed by atoms with van der Waals surface area (Å²) in [5, 5.41) is 0. The highest BCUT2D eigenvalue weighted by Gasteiger charge is 2.38. The molecule has 1 aliphatic carbocycles. The molecule has 8 nitrogen and oxygen atoms in total. The second-order valence-electron chi connectivity index (χ2n) is 10.2. The maximum absolute atomic E-state index is 13.4. The Morgan fingerprint density at radius 3 is 2.79 bits per heavy atom. The Bertz CT molecular complexity index is 1790. The Labute approximate surface area is 222 Å². The van der Waals surface area contributed by atoms with Crippen molar-refractivity contribution in [1.29, 1.82) is 0 Å². The van der Waals surface area contributed by atoms with Crippen LogP contribution >= 0.6 is 11.3 Å². The number of nitrogens with zero attached hydrogens (tertiary/aromatic N) is 4. The minimum atomic E-state index is -0.402. The number of nitrogens with one attached hydrogen (secondary N) is 1. The van der Waals surface area contributed by atoms with Crippen molar-refractivity contribution in [1.82, 2.24) is 24.4 Å². The van der Waals surface area contributed by atoms with Crippen LogP contribution in [0.5, 0.6) is 5.75 Å². The zero-order valence-corrected chi connectivity index (χ0v) is 21.8. The van der Waals surface area contributed by atoms with E-state index in [0.29, 0.717) is 51.2 Å². The van der Waals surface area contributed by atoms with E-state index in [-0.39, 0.29) is 5.56 Å². The van der Waals surface area contributed by atoms with Crippen LogP contribution in [0.15, 0.2) is 64.3 Å². The molecule has 3 aromatic heterocycles. The van der Waals surface area contributed by atoms with Gasteiger partial charge in [0.15, 0.2) is 0 Å². The number of benzene rings is 2. The summed E-state index contributed by atoms with van der Waals surface area (Å²) < 4.78 is 7.42. The van der Waals surface area contributed by atoms with E-state index in [9.17, 15) is 9.59 Å². The molecule has 0 radical (unpaired) electrons. The van der Waals surface area contributed by atoms with E-state index in [1.165, 1.54) is 27.0 Å². The molecule has 2 aromatic carbocycles. The Balaban J connectivity index is 1.16. The molecule has 1 aliphatic heterocycles. The highest BCUT2D eigenvalue weighted by molar-refractivity contribution is 7.25. The van der Waals surface area contributed by atoms with Crippen LogP contribution in [0.3, 0.4) is 0 Å². The van der Waals surface area contributed by atoms with E-state index in [2.05, 4.69) is 27.0 Å². The molecule has 2 aliphatic rings. The van der Waals surface area contributed by atoms with Crippen molar-refractivity contribution in [2.24, 2.45) is 5.92 Å². The predicted octanol–water partition coefficient (Wildman–Crippen LogP) is 4.03. The van der Waals surface area contributed by atoms with Crippen molar-refractivity contribution in [2.45, 2.75) is 25.3 Å². The van der Waals surface area contributed by atoms with E-state index in [1.54, 1.807) is 13.3 Å². The lowest BCUT2D eigenvalue weighted by Crippen LogP contribution is -2.38. The molecule has 1 saturated heterocycles. The van der Waals surface area contributed by atoms with E-state index in [1.807, 2.05) is 36.4 Å². The minimum Gasteiger partial charge on any atom is -0.496 e. The fraction of sp³-hybridized carbons (Fsp3) is 0.310. The van der Waals surface area contributed by atoms with Gasteiger partial charge >= 0.3 is 5.69 Å². The summed E-state index contributed by atoms with van der Waals surface area (Å²) in [5.74, 6) is 2.03. The quantitative estimate of drug-likeness (QED) is 0.373. The molecule has 4 heterocycles. The highest BCUT2D eigenvalue weighted by atomic mass is 32.1. The molecule has 0 bridgehead atoms. The number of thiophene rings is 1. The van der Waals surface area contributed by atoms with Crippen molar-refractivity contribution < 1.29 is 4.74 Å². The van der Waals surface area contributed by atoms with Gasteiger partial charge in [0.1, 0.15) is 20.8 Å². The first-order chi connectivity index (χ1) is 18.6. The van der Waals surface area contributed by atoms with Crippen molar-refractivity contribution in [2.75, 3.05) is 26.7 Å². The summed E-state index contributed by atoms with van der Waals surface area (Å²) in [4.78, 5) is 41.8. The molecule has 38 heavy (non-hydrogen) atoms. The third-order valence-corrected chi connectivity index (χ3v) is 9.17. The first kappa shape index (κ1) is 23.3. The zero-order chi connectivity index (χ0) is 25.8. The minimum absolute atomic E-state index is 0.276. The summed E-state index contributed by atoms with van der Waals surface area (Å²) in [6.07, 6.45) is 3.88. The van der Waals surface area contributed by atoms with Crippen LogP contribution in [-0.2, 0) is 13.0 Å². The van der Waals surface area contributed by atoms with Crippen LogP contribution in [0.2, 0.25) is 0 Å². The van der Waals surface area contributed by atoms with Crippen molar-refractivity contribution in [3.05, 3.63) is 86.7 Å². The molecule has 1 N–H and O–H groups in total. The molecular weight excluding hydrogens is 498 g/mol. The Morgan fingerprint density at radius 1 is 1.08 bits per heavy atom. The number of H-pyrrole nitrogens is 1. The van der Waals surface area contributed by atoms with Gasteiger partial charge in [0.05, 0.1) is 24.5 Å². The van der Waals surface area contributed by atoms with Crippen LogP contribution in [0.1, 0.15) is 23.5 Å². The van der Waals surface area contributed by atoms with Gasteiger partial charge in [-0.15, -0.1) is 11.3 Å². The first-order valence-corrected chi connectivity index (χ1v) is 13.8. The Kier molecular flexibility index (Phi) is 5.63. The summed E-state index contributed by atoms with van der Waals surface area (Å²) >= 11 is 1.28. The molecule has 0 spiro atoms. The Morgan fingerprint density at radius 2 is 1.95 bits per heavy atom. The zero-order valence-electron chi connectivity index (χ0n) is 21.0. The topological polar surface area (TPSA) is 93.1 Å². The maximum atomic E-state index is 13.4. The predicted molar refractivity (Wildman–Crippen MR) is 149 cm³/mol. The normalized spacial score (nSPS) is 19.1. The first-order valence-electron chi connectivity index (χ1n) is 13.0. The number of ether oxygens (including phenoxy) is 1. The number of hydrogen-bond donors (Lipinski definition) is 1. The van der Waals surface area contributed by atoms with Crippen molar-refractivity contribution in [3.8, 4) is 17.0 Å². The molecule has 192 valence electrons. The molecule has 7 rings (SSSR count). The van der Waals surface area contributed by atoms with Crippen LogP contribution in [0.25, 0.3) is 31.8 Å². The van der Waals surface area contributed by atoms with Gasteiger partial charge in [0.25, 0.3) is 5.56 Å². The van der Waals surface area contributed by atoms with Crippen LogP contribution in [-0.4, -0.2) is 51.2 Å². The molecule has 1 fully saturated rings. The molecule has 5 aromatic rings. The molecular formula is C29H27N5O3S. The molecule has 0 amide bonds. The van der Waals surface area contributed by atoms with E-state index >= 15 is 0 Å². The monoisotopic (exact) mass is 525 g/mol. The number of rotatable bonds is 5. The number of fused-ring (bicyclic) bond motifs is 6. The largest absolute Gasteiger partial charge is 0.496 e. The van der Waals surface area contributed by atoms with Gasteiger partial charge in [-0.2, -0.15) is 0 Å². The molecule has 0 unspecified atom stereocenters. The smallest absolute Gasteiger partial charge is 0.328 e. The standard InChI is InChI=1S/C29H27N5O3S/c1-37-23-9-5-8-19-20(23)11-10-18-15-33(16-21(18)19)12-13-34-28(35)26-24(32-29(34)36)25-27(38-26)30-14-22(31-25)17-6-3-2-4-7-17/h2-9,14,18,21H,10-13,15-16H2,1H3,(H,32,36)/t18-,21+/m0/s1. The van der Waals surface area contributed by atoms with Gasteiger partial charge in [-0.05, 0) is 36.0 Å². The van der Waals surface area contributed by atoms with E-state index in [4.69, 9.17) is 9.72 Å². The number of aromatic nitrogens is 4. The van der Waals surface area contributed by atoms with Gasteiger partial charge in [0, 0.05) is 37.7 Å². The van der Waals surface area contributed by atoms with Gasteiger partial charge in [0.2, 0.25) is 0 Å². The molecule has 2 atom stereocenters. The third kappa shape index (κ3) is 3.76. The second kappa shape index (κ2) is 9.18. The number of methoxy groups -OCH3 is 1. The third-order valence-electron chi connectivity index (χ3n) is 8.10. The number of hydrogen-bond acceptors (Lipinski definition) is 7. The summed E-state index contributed by atoms with van der Waals surface area (Å²) in [5.41, 5.74) is 4.71. The summed E-state index contributed by atoms with van der Waals surface area (Å²) in [6.45, 7) is 2.91. The van der Waals surface area contributed by atoms with Gasteiger partial charge in [-0.1, -0.05) is 42.5 Å². The molecule has 9 heteroatoms. The number of aromatic amines is 1. The van der Waals surface area contributed by atoms with Crippen molar-refractivity contribution >= 4 is 31.9 Å². The maximum Gasteiger partial charge on any atom is 0.328 e.